The molecule has 1 aromatic carbocycles. The van der Waals surface area contributed by atoms with Gasteiger partial charge >= 0.3 is 0 Å². The lowest BCUT2D eigenvalue weighted by atomic mass is 10.2. The van der Waals surface area contributed by atoms with Crippen LogP contribution >= 0.6 is 0 Å². The van der Waals surface area contributed by atoms with Gasteiger partial charge in [-0.05, 0) is 32.0 Å². The Balaban J connectivity index is 2.00. The van der Waals surface area contributed by atoms with Crippen molar-refractivity contribution in [2.75, 3.05) is 5.73 Å². The molecule has 0 atom stereocenters. The number of hydrogen-bond donors (Lipinski definition) is 3. The molecule has 1 aromatic heterocycles. The molecular weight excluding hydrogens is 256 g/mol. The molecule has 20 heavy (non-hydrogen) atoms. The minimum Gasteiger partial charge on any atom is -0.491 e. The van der Waals surface area contributed by atoms with Gasteiger partial charge < -0.3 is 15.8 Å². The smallest absolute Gasteiger partial charge is 0.251 e. The van der Waals surface area contributed by atoms with Gasteiger partial charge in [-0.2, -0.15) is 5.10 Å². The van der Waals surface area contributed by atoms with Gasteiger partial charge in [0.25, 0.3) is 5.91 Å². The molecule has 0 aliphatic rings. The van der Waals surface area contributed by atoms with Crippen molar-refractivity contribution in [3.63, 3.8) is 0 Å². The average Bonchev–Trinajstić information content (AvgIpc) is 2.81. The first-order valence-corrected chi connectivity index (χ1v) is 6.39. The summed E-state index contributed by atoms with van der Waals surface area (Å²) in [6.07, 6.45) is 1.66. The molecule has 6 heteroatoms. The Kier molecular flexibility index (Phi) is 4.24. The van der Waals surface area contributed by atoms with Crippen molar-refractivity contribution in [1.29, 1.82) is 0 Å². The molecule has 0 fully saturated rings. The van der Waals surface area contributed by atoms with Gasteiger partial charge in [-0.1, -0.05) is 6.07 Å². The van der Waals surface area contributed by atoms with E-state index < -0.39 is 0 Å². The Hall–Kier alpha value is -2.50. The monoisotopic (exact) mass is 274 g/mol. The second-order valence-electron chi connectivity index (χ2n) is 4.69. The van der Waals surface area contributed by atoms with Crippen LogP contribution in [0.15, 0.2) is 30.5 Å². The number of nitrogen functional groups attached to an aromatic ring is 1. The van der Waals surface area contributed by atoms with Crippen LogP contribution in [-0.2, 0) is 6.54 Å². The summed E-state index contributed by atoms with van der Waals surface area (Å²) in [7, 11) is 0. The number of anilines is 1. The number of H-pyrrole nitrogens is 1. The van der Waals surface area contributed by atoms with Crippen LogP contribution in [0.3, 0.4) is 0 Å². The second kappa shape index (κ2) is 6.10. The number of nitrogens with one attached hydrogen (secondary N) is 2. The van der Waals surface area contributed by atoms with E-state index in [0.717, 1.165) is 5.56 Å². The lowest BCUT2D eigenvalue weighted by molar-refractivity contribution is 0.0950. The van der Waals surface area contributed by atoms with Gasteiger partial charge in [-0.3, -0.25) is 9.89 Å². The molecule has 6 nitrogen and oxygen atoms in total. The standard InChI is InChI=1S/C14H18N4O2/c1-9(2)20-12-5-3-4-10(6-12)14(19)16-7-11-8-17-18-13(11)15/h3-6,8-9H,7H2,1-2H3,(H,16,19)(H3,15,17,18). The number of carbonyl (C=O) groups excluding carboxylic acids is 1. The van der Waals surface area contributed by atoms with Crippen molar-refractivity contribution in [2.24, 2.45) is 0 Å². The van der Waals surface area contributed by atoms with E-state index >= 15 is 0 Å². The van der Waals surface area contributed by atoms with Gasteiger partial charge in [0.1, 0.15) is 11.6 Å². The van der Waals surface area contributed by atoms with E-state index in [4.69, 9.17) is 10.5 Å². The van der Waals surface area contributed by atoms with Crippen LogP contribution in [0.4, 0.5) is 5.82 Å². The van der Waals surface area contributed by atoms with Crippen molar-refractivity contribution in [2.45, 2.75) is 26.5 Å². The highest BCUT2D eigenvalue weighted by Crippen LogP contribution is 2.15. The zero-order valence-corrected chi connectivity index (χ0v) is 11.5. The molecule has 0 saturated heterocycles. The summed E-state index contributed by atoms with van der Waals surface area (Å²) in [6.45, 7) is 4.21. The molecule has 0 aliphatic carbocycles. The lowest BCUT2D eigenvalue weighted by Crippen LogP contribution is -2.23. The van der Waals surface area contributed by atoms with Crippen LogP contribution in [0.1, 0.15) is 29.8 Å². The number of nitrogens with two attached hydrogens (primary N) is 1. The van der Waals surface area contributed by atoms with Crippen LogP contribution < -0.4 is 15.8 Å². The van der Waals surface area contributed by atoms with Crippen LogP contribution in [-0.4, -0.2) is 22.2 Å². The Labute approximate surface area is 117 Å². The van der Waals surface area contributed by atoms with Crippen LogP contribution in [0.25, 0.3) is 0 Å². The number of nitrogens with zero attached hydrogens (tertiary/aromatic N) is 1. The van der Waals surface area contributed by atoms with Crippen LogP contribution in [0, 0.1) is 0 Å². The number of aromatic amines is 1. The fourth-order valence-corrected chi connectivity index (χ4v) is 1.72. The van der Waals surface area contributed by atoms with Crippen molar-refractivity contribution >= 4 is 11.7 Å². The number of aromatic nitrogens is 2. The summed E-state index contributed by atoms with van der Waals surface area (Å²) in [6, 6.07) is 7.07. The first kappa shape index (κ1) is 13.9. The van der Waals surface area contributed by atoms with E-state index in [0.29, 0.717) is 23.7 Å². The highest BCUT2D eigenvalue weighted by Gasteiger charge is 2.09. The summed E-state index contributed by atoms with van der Waals surface area (Å²) >= 11 is 0. The fraction of sp³-hybridized carbons (Fsp3) is 0.286. The van der Waals surface area contributed by atoms with E-state index in [2.05, 4.69) is 15.5 Å². The molecule has 0 unspecified atom stereocenters. The molecule has 4 N–H and O–H groups in total. The maximum absolute atomic E-state index is 12.1. The number of amides is 1. The zero-order chi connectivity index (χ0) is 14.5. The number of benzene rings is 1. The molecule has 106 valence electrons. The molecule has 2 aromatic rings. The highest BCUT2D eigenvalue weighted by molar-refractivity contribution is 5.94. The Bertz CT molecular complexity index is 592. The second-order valence-corrected chi connectivity index (χ2v) is 4.69. The fourth-order valence-electron chi connectivity index (χ4n) is 1.72. The molecule has 1 amide bonds. The molecule has 2 rings (SSSR count). The van der Waals surface area contributed by atoms with Crippen LogP contribution in [0.5, 0.6) is 5.75 Å². The zero-order valence-electron chi connectivity index (χ0n) is 11.5. The molecular formula is C14H18N4O2. The van der Waals surface area contributed by atoms with E-state index in [1.54, 1.807) is 24.4 Å². The highest BCUT2D eigenvalue weighted by atomic mass is 16.5. The van der Waals surface area contributed by atoms with Crippen molar-refractivity contribution in [3.8, 4) is 5.75 Å². The quantitative estimate of drug-likeness (QED) is 0.773. The van der Waals surface area contributed by atoms with E-state index in [1.165, 1.54) is 0 Å². The number of ether oxygens (including phenoxy) is 1. The predicted octanol–water partition coefficient (Wildman–Crippen LogP) is 1.71. The number of rotatable bonds is 5. The lowest BCUT2D eigenvalue weighted by Gasteiger charge is -2.11. The number of hydrogen-bond acceptors (Lipinski definition) is 4. The van der Waals surface area contributed by atoms with Gasteiger partial charge in [-0.15, -0.1) is 0 Å². The van der Waals surface area contributed by atoms with Crippen LogP contribution in [0.2, 0.25) is 0 Å². The largest absolute Gasteiger partial charge is 0.491 e. The van der Waals surface area contributed by atoms with E-state index in [1.807, 2.05) is 19.9 Å². The minimum absolute atomic E-state index is 0.0686. The van der Waals surface area contributed by atoms with Gasteiger partial charge in [0.2, 0.25) is 0 Å². The molecule has 0 radical (unpaired) electrons. The first-order valence-electron chi connectivity index (χ1n) is 6.39. The Morgan fingerprint density at radius 2 is 2.30 bits per heavy atom. The summed E-state index contributed by atoms with van der Waals surface area (Å²) in [5.41, 5.74) is 6.96. The summed E-state index contributed by atoms with van der Waals surface area (Å²) in [5, 5.41) is 9.21. The van der Waals surface area contributed by atoms with Gasteiger partial charge in [0.05, 0.1) is 12.3 Å². The van der Waals surface area contributed by atoms with Crippen molar-refractivity contribution < 1.29 is 9.53 Å². The molecule has 0 aliphatic heterocycles. The molecule has 1 heterocycles. The third-order valence-corrected chi connectivity index (χ3v) is 2.66. The van der Waals surface area contributed by atoms with E-state index in [9.17, 15) is 4.79 Å². The van der Waals surface area contributed by atoms with Crippen molar-refractivity contribution in [1.82, 2.24) is 15.5 Å². The topological polar surface area (TPSA) is 93.0 Å². The normalized spacial score (nSPS) is 10.6. The summed E-state index contributed by atoms with van der Waals surface area (Å²) in [4.78, 5) is 12.1. The van der Waals surface area contributed by atoms with Gasteiger partial charge in [0.15, 0.2) is 0 Å². The maximum atomic E-state index is 12.1. The SMILES string of the molecule is CC(C)Oc1cccc(C(=O)NCc2cn[nH]c2N)c1. The van der Waals surface area contributed by atoms with Gasteiger partial charge in [-0.25, -0.2) is 0 Å². The maximum Gasteiger partial charge on any atom is 0.251 e. The van der Waals surface area contributed by atoms with Gasteiger partial charge in [0, 0.05) is 17.7 Å². The predicted molar refractivity (Wildman–Crippen MR) is 76.4 cm³/mol. The third-order valence-electron chi connectivity index (χ3n) is 2.66. The van der Waals surface area contributed by atoms with E-state index in [-0.39, 0.29) is 12.0 Å². The average molecular weight is 274 g/mol. The Morgan fingerprint density at radius 3 is 2.95 bits per heavy atom. The minimum atomic E-state index is -0.181. The third kappa shape index (κ3) is 3.50. The molecule has 0 spiro atoms. The Morgan fingerprint density at radius 1 is 1.50 bits per heavy atom. The molecule has 0 bridgehead atoms. The van der Waals surface area contributed by atoms with Crippen molar-refractivity contribution in [3.05, 3.63) is 41.6 Å². The summed E-state index contributed by atoms with van der Waals surface area (Å²) < 4.78 is 5.56. The number of carbonyl (C=O) groups is 1. The molecule has 0 saturated carbocycles. The summed E-state index contributed by atoms with van der Waals surface area (Å²) in [5.74, 6) is 0.956. The first-order chi connectivity index (χ1) is 9.56.